The van der Waals surface area contributed by atoms with Crippen LogP contribution < -0.4 is 5.32 Å². The highest BCUT2D eigenvalue weighted by Crippen LogP contribution is 2.30. The Hall–Kier alpha value is -0.900. The molecule has 0 aliphatic heterocycles. The maximum atomic E-state index is 13.5. The summed E-state index contributed by atoms with van der Waals surface area (Å²) < 4.78 is 13.5. The van der Waals surface area contributed by atoms with E-state index in [1.165, 1.54) is 16.5 Å². The average molecular weight is 326 g/mol. The third kappa shape index (κ3) is 4.29. The maximum absolute atomic E-state index is 13.5. The third-order valence-electron chi connectivity index (χ3n) is 3.55. The molecule has 1 aromatic heterocycles. The lowest BCUT2D eigenvalue weighted by molar-refractivity contribution is 0.531. The fraction of sp³-hybridized carbons (Fsp3) is 0.412. The molecule has 0 amide bonds. The molecule has 0 fully saturated rings. The van der Waals surface area contributed by atoms with Crippen LogP contribution in [-0.4, -0.2) is 6.54 Å². The molecule has 2 aromatic rings. The minimum Gasteiger partial charge on any atom is -0.309 e. The Bertz CT molecular complexity index is 582. The second kappa shape index (κ2) is 7.92. The molecule has 0 spiro atoms. The topological polar surface area (TPSA) is 12.0 Å². The van der Waals surface area contributed by atoms with E-state index in [2.05, 4.69) is 30.6 Å². The average Bonchev–Trinajstić information content (AvgIpc) is 2.95. The quantitative estimate of drug-likeness (QED) is 0.720. The van der Waals surface area contributed by atoms with Crippen LogP contribution in [0.4, 0.5) is 4.39 Å². The standard InChI is InChI=1S/C17H21ClFNS/c1-3-8-20-16(17-12(4-2)7-9-21-17)11-13-10-14(19)5-6-15(13)18/h5-7,9-10,16,20H,3-4,8,11H2,1-2H3. The highest BCUT2D eigenvalue weighted by molar-refractivity contribution is 7.10. The first kappa shape index (κ1) is 16.5. The number of aryl methyl sites for hydroxylation is 1. The van der Waals surface area contributed by atoms with Gasteiger partial charge in [0.05, 0.1) is 0 Å². The Kier molecular flexibility index (Phi) is 6.22. The Morgan fingerprint density at radius 3 is 2.76 bits per heavy atom. The molecule has 4 heteroatoms. The first-order chi connectivity index (χ1) is 10.2. The Labute approximate surface area is 135 Å². The SMILES string of the molecule is CCCNC(Cc1cc(F)ccc1Cl)c1sccc1CC. The number of hydrogen-bond donors (Lipinski definition) is 1. The zero-order valence-electron chi connectivity index (χ0n) is 12.5. The van der Waals surface area contributed by atoms with Crippen LogP contribution in [0, 0.1) is 5.82 Å². The molecule has 0 saturated heterocycles. The van der Waals surface area contributed by atoms with E-state index in [4.69, 9.17) is 11.6 Å². The molecule has 0 radical (unpaired) electrons. The molecule has 1 aromatic carbocycles. The number of benzene rings is 1. The summed E-state index contributed by atoms with van der Waals surface area (Å²) in [5, 5.41) is 6.33. The molecule has 2 rings (SSSR count). The van der Waals surface area contributed by atoms with Crippen LogP contribution in [0.5, 0.6) is 0 Å². The van der Waals surface area contributed by atoms with E-state index in [9.17, 15) is 4.39 Å². The fourth-order valence-corrected chi connectivity index (χ4v) is 3.71. The van der Waals surface area contributed by atoms with E-state index in [-0.39, 0.29) is 11.9 Å². The van der Waals surface area contributed by atoms with Gasteiger partial charge < -0.3 is 5.32 Å². The van der Waals surface area contributed by atoms with Crippen LogP contribution in [0.3, 0.4) is 0 Å². The van der Waals surface area contributed by atoms with Crippen LogP contribution in [-0.2, 0) is 12.8 Å². The molecule has 114 valence electrons. The van der Waals surface area contributed by atoms with Gasteiger partial charge >= 0.3 is 0 Å². The van der Waals surface area contributed by atoms with E-state index < -0.39 is 0 Å². The number of halogens is 2. The van der Waals surface area contributed by atoms with Gasteiger partial charge in [0.15, 0.2) is 0 Å². The van der Waals surface area contributed by atoms with Crippen molar-refractivity contribution in [1.29, 1.82) is 0 Å². The van der Waals surface area contributed by atoms with E-state index >= 15 is 0 Å². The predicted molar refractivity (Wildman–Crippen MR) is 89.8 cm³/mol. The molecule has 1 atom stereocenters. The van der Waals surface area contributed by atoms with Gasteiger partial charge in [0.25, 0.3) is 0 Å². The van der Waals surface area contributed by atoms with Crippen LogP contribution in [0.2, 0.25) is 5.02 Å². The molecule has 0 aliphatic carbocycles. The van der Waals surface area contributed by atoms with Gasteiger partial charge in [-0.2, -0.15) is 0 Å². The van der Waals surface area contributed by atoms with Crippen molar-refractivity contribution in [3.63, 3.8) is 0 Å². The second-order valence-electron chi connectivity index (χ2n) is 5.11. The number of hydrogen-bond acceptors (Lipinski definition) is 2. The summed E-state index contributed by atoms with van der Waals surface area (Å²) in [4.78, 5) is 1.34. The summed E-state index contributed by atoms with van der Waals surface area (Å²) in [7, 11) is 0. The number of thiophene rings is 1. The van der Waals surface area contributed by atoms with Gasteiger partial charge in [-0.15, -0.1) is 11.3 Å². The minimum absolute atomic E-state index is 0.194. The third-order valence-corrected chi connectivity index (χ3v) is 4.99. The van der Waals surface area contributed by atoms with E-state index in [0.29, 0.717) is 11.4 Å². The van der Waals surface area contributed by atoms with Crippen molar-refractivity contribution < 1.29 is 4.39 Å². The lowest BCUT2D eigenvalue weighted by Gasteiger charge is -2.20. The van der Waals surface area contributed by atoms with Gasteiger partial charge in [0.1, 0.15) is 5.82 Å². The Balaban J connectivity index is 2.26. The zero-order valence-corrected chi connectivity index (χ0v) is 14.0. The molecular weight excluding hydrogens is 305 g/mol. The molecule has 1 nitrogen and oxygen atoms in total. The molecule has 1 unspecified atom stereocenters. The second-order valence-corrected chi connectivity index (χ2v) is 6.47. The van der Waals surface area contributed by atoms with Gasteiger partial charge in [-0.3, -0.25) is 0 Å². The summed E-state index contributed by atoms with van der Waals surface area (Å²) in [6.07, 6.45) is 2.80. The van der Waals surface area contributed by atoms with Gasteiger partial charge in [-0.05, 0) is 66.6 Å². The maximum Gasteiger partial charge on any atom is 0.123 e. The molecule has 1 N–H and O–H groups in total. The van der Waals surface area contributed by atoms with Crippen molar-refractivity contribution >= 4 is 22.9 Å². The van der Waals surface area contributed by atoms with Crippen molar-refractivity contribution in [2.45, 2.75) is 39.2 Å². The zero-order chi connectivity index (χ0) is 15.2. The van der Waals surface area contributed by atoms with Crippen LogP contribution >= 0.6 is 22.9 Å². The molecule has 0 aliphatic rings. The van der Waals surface area contributed by atoms with Gasteiger partial charge in [-0.25, -0.2) is 4.39 Å². The predicted octanol–water partition coefficient (Wildman–Crippen LogP) is 5.39. The highest BCUT2D eigenvalue weighted by Gasteiger charge is 2.18. The number of nitrogens with one attached hydrogen (secondary N) is 1. The van der Waals surface area contributed by atoms with Crippen LogP contribution in [0.25, 0.3) is 0 Å². The summed E-state index contributed by atoms with van der Waals surface area (Å²) in [6, 6.07) is 6.95. The fourth-order valence-electron chi connectivity index (χ4n) is 2.44. The largest absolute Gasteiger partial charge is 0.309 e. The van der Waals surface area contributed by atoms with Crippen LogP contribution in [0.15, 0.2) is 29.6 Å². The van der Waals surface area contributed by atoms with E-state index in [1.54, 1.807) is 23.5 Å². The summed E-state index contributed by atoms with van der Waals surface area (Å²) in [5.74, 6) is -0.231. The molecule has 0 saturated carbocycles. The van der Waals surface area contributed by atoms with Crippen molar-refractivity contribution in [2.75, 3.05) is 6.54 Å². The summed E-state index contributed by atoms with van der Waals surface area (Å²) in [6.45, 7) is 5.25. The lowest BCUT2D eigenvalue weighted by atomic mass is 10.0. The van der Waals surface area contributed by atoms with Crippen molar-refractivity contribution in [3.05, 3.63) is 56.5 Å². The minimum atomic E-state index is -0.231. The van der Waals surface area contributed by atoms with Crippen LogP contribution in [0.1, 0.15) is 42.3 Å². The summed E-state index contributed by atoms with van der Waals surface area (Å²) >= 11 is 7.98. The van der Waals surface area contributed by atoms with E-state index in [0.717, 1.165) is 24.9 Å². The first-order valence-electron chi connectivity index (χ1n) is 7.39. The van der Waals surface area contributed by atoms with Crippen molar-refractivity contribution in [3.8, 4) is 0 Å². The highest BCUT2D eigenvalue weighted by atomic mass is 35.5. The van der Waals surface area contributed by atoms with Crippen molar-refractivity contribution in [1.82, 2.24) is 5.32 Å². The van der Waals surface area contributed by atoms with Gasteiger partial charge in [0, 0.05) is 15.9 Å². The normalized spacial score (nSPS) is 12.6. The lowest BCUT2D eigenvalue weighted by Crippen LogP contribution is -2.24. The summed E-state index contributed by atoms with van der Waals surface area (Å²) in [5.41, 5.74) is 2.22. The smallest absolute Gasteiger partial charge is 0.123 e. The first-order valence-corrected chi connectivity index (χ1v) is 8.65. The van der Waals surface area contributed by atoms with Gasteiger partial charge in [0.2, 0.25) is 0 Å². The molecule has 1 heterocycles. The molecule has 0 bridgehead atoms. The number of rotatable bonds is 7. The van der Waals surface area contributed by atoms with Crippen molar-refractivity contribution in [2.24, 2.45) is 0 Å². The van der Waals surface area contributed by atoms with E-state index in [1.807, 2.05) is 0 Å². The Morgan fingerprint density at radius 1 is 1.24 bits per heavy atom. The monoisotopic (exact) mass is 325 g/mol. The molecule has 21 heavy (non-hydrogen) atoms. The van der Waals surface area contributed by atoms with Gasteiger partial charge in [-0.1, -0.05) is 25.4 Å². The Morgan fingerprint density at radius 2 is 2.05 bits per heavy atom. The molecular formula is C17H21ClFNS.